The molecule has 4 heteroatoms. The molecule has 1 aromatic rings. The molecule has 0 amide bonds. The summed E-state index contributed by atoms with van der Waals surface area (Å²) in [6.07, 6.45) is 3.72. The minimum atomic E-state index is 0.160. The maximum absolute atomic E-state index is 4.94. The smallest absolute Gasteiger partial charge is 0.185 e. The van der Waals surface area contributed by atoms with E-state index in [1.807, 2.05) is 11.3 Å². The Balaban J connectivity index is 2.13. The number of anilines is 1. The van der Waals surface area contributed by atoms with Crippen molar-refractivity contribution in [1.29, 1.82) is 0 Å². The van der Waals surface area contributed by atoms with Crippen molar-refractivity contribution in [3.63, 3.8) is 0 Å². The van der Waals surface area contributed by atoms with Crippen LogP contribution in [0.2, 0.25) is 0 Å². The summed E-state index contributed by atoms with van der Waals surface area (Å²) < 4.78 is 0. The molecule has 2 rings (SSSR count). The van der Waals surface area contributed by atoms with Gasteiger partial charge >= 0.3 is 0 Å². The molecule has 0 atom stereocenters. The SMILES string of the molecule is CC(C)Cc1nc(N2CCCC2)sc1CNC(C)(C)C. The van der Waals surface area contributed by atoms with Gasteiger partial charge in [0.1, 0.15) is 0 Å². The molecule has 1 aliphatic rings. The van der Waals surface area contributed by atoms with Gasteiger partial charge in [-0.05, 0) is 46.0 Å². The van der Waals surface area contributed by atoms with Crippen molar-refractivity contribution in [1.82, 2.24) is 10.3 Å². The van der Waals surface area contributed by atoms with Crippen molar-refractivity contribution in [2.45, 2.75) is 66.0 Å². The molecular weight excluding hydrogens is 266 g/mol. The van der Waals surface area contributed by atoms with Crippen molar-refractivity contribution in [3.8, 4) is 0 Å². The summed E-state index contributed by atoms with van der Waals surface area (Å²) in [5.74, 6) is 0.664. The van der Waals surface area contributed by atoms with Crippen LogP contribution in [0.1, 0.15) is 58.0 Å². The Labute approximate surface area is 127 Å². The van der Waals surface area contributed by atoms with E-state index in [0.717, 1.165) is 13.0 Å². The molecule has 3 nitrogen and oxygen atoms in total. The van der Waals surface area contributed by atoms with Gasteiger partial charge in [0.2, 0.25) is 0 Å². The van der Waals surface area contributed by atoms with E-state index in [-0.39, 0.29) is 5.54 Å². The summed E-state index contributed by atoms with van der Waals surface area (Å²) in [5.41, 5.74) is 1.47. The number of hydrogen-bond donors (Lipinski definition) is 1. The lowest BCUT2D eigenvalue weighted by Crippen LogP contribution is -2.35. The molecule has 0 unspecified atom stereocenters. The third-order valence-corrected chi connectivity index (χ3v) is 4.68. The molecule has 0 bridgehead atoms. The van der Waals surface area contributed by atoms with Gasteiger partial charge in [-0.15, -0.1) is 11.3 Å². The average Bonchev–Trinajstić information content (AvgIpc) is 2.93. The van der Waals surface area contributed by atoms with Crippen LogP contribution in [0.25, 0.3) is 0 Å². The number of rotatable bonds is 5. The van der Waals surface area contributed by atoms with Crippen LogP contribution in [0.5, 0.6) is 0 Å². The Morgan fingerprint density at radius 3 is 2.45 bits per heavy atom. The minimum Gasteiger partial charge on any atom is -0.348 e. The van der Waals surface area contributed by atoms with E-state index in [0.29, 0.717) is 5.92 Å². The zero-order chi connectivity index (χ0) is 14.8. The Hall–Kier alpha value is -0.610. The minimum absolute atomic E-state index is 0.160. The van der Waals surface area contributed by atoms with Crippen molar-refractivity contribution in [2.24, 2.45) is 5.92 Å². The van der Waals surface area contributed by atoms with Gasteiger partial charge in [-0.1, -0.05) is 13.8 Å². The van der Waals surface area contributed by atoms with Crippen molar-refractivity contribution < 1.29 is 0 Å². The lowest BCUT2D eigenvalue weighted by molar-refractivity contribution is 0.425. The molecule has 0 aromatic carbocycles. The van der Waals surface area contributed by atoms with Gasteiger partial charge in [-0.3, -0.25) is 0 Å². The Morgan fingerprint density at radius 2 is 1.90 bits per heavy atom. The summed E-state index contributed by atoms with van der Waals surface area (Å²) in [6, 6.07) is 0. The second-order valence-corrected chi connectivity index (χ2v) is 8.32. The van der Waals surface area contributed by atoms with Gasteiger partial charge in [-0.25, -0.2) is 4.98 Å². The maximum Gasteiger partial charge on any atom is 0.185 e. The Bertz CT molecular complexity index is 425. The van der Waals surface area contributed by atoms with Gasteiger partial charge < -0.3 is 10.2 Å². The van der Waals surface area contributed by atoms with E-state index >= 15 is 0 Å². The first-order valence-corrected chi connectivity index (χ1v) is 8.65. The Kier molecular flexibility index (Phi) is 5.08. The highest BCUT2D eigenvalue weighted by molar-refractivity contribution is 7.15. The number of hydrogen-bond acceptors (Lipinski definition) is 4. The lowest BCUT2D eigenvalue weighted by Gasteiger charge is -2.20. The van der Waals surface area contributed by atoms with Gasteiger partial charge in [0, 0.05) is 30.1 Å². The van der Waals surface area contributed by atoms with Crippen molar-refractivity contribution in [3.05, 3.63) is 10.6 Å². The fourth-order valence-electron chi connectivity index (χ4n) is 2.44. The number of nitrogens with one attached hydrogen (secondary N) is 1. The zero-order valence-electron chi connectivity index (χ0n) is 13.6. The fourth-order valence-corrected chi connectivity index (χ4v) is 3.52. The summed E-state index contributed by atoms with van der Waals surface area (Å²) in [7, 11) is 0. The second-order valence-electron chi connectivity index (χ2n) is 7.26. The third kappa shape index (κ3) is 4.45. The monoisotopic (exact) mass is 295 g/mol. The van der Waals surface area contributed by atoms with E-state index in [1.54, 1.807) is 0 Å². The highest BCUT2D eigenvalue weighted by Crippen LogP contribution is 2.30. The highest BCUT2D eigenvalue weighted by atomic mass is 32.1. The van der Waals surface area contributed by atoms with Gasteiger partial charge in [0.15, 0.2) is 5.13 Å². The molecule has 1 N–H and O–H groups in total. The molecule has 1 fully saturated rings. The van der Waals surface area contributed by atoms with Crippen molar-refractivity contribution in [2.75, 3.05) is 18.0 Å². The molecule has 20 heavy (non-hydrogen) atoms. The first kappa shape index (κ1) is 15.8. The molecule has 1 saturated heterocycles. The lowest BCUT2D eigenvalue weighted by atomic mass is 10.1. The standard InChI is InChI=1S/C16H29N3S/c1-12(2)10-13-14(11-17-16(3,4)5)20-15(18-13)19-8-6-7-9-19/h12,17H,6-11H2,1-5H3. The molecule has 0 spiro atoms. The van der Waals surface area contributed by atoms with Crippen molar-refractivity contribution >= 4 is 16.5 Å². The summed E-state index contributed by atoms with van der Waals surface area (Å²) >= 11 is 1.89. The molecular formula is C16H29N3S. The van der Waals surface area contributed by atoms with Gasteiger partial charge in [0.25, 0.3) is 0 Å². The van der Waals surface area contributed by atoms with Crippen LogP contribution in [0.4, 0.5) is 5.13 Å². The maximum atomic E-state index is 4.94. The number of aromatic nitrogens is 1. The molecule has 0 saturated carbocycles. The first-order chi connectivity index (χ1) is 9.35. The quantitative estimate of drug-likeness (QED) is 0.895. The Morgan fingerprint density at radius 1 is 1.25 bits per heavy atom. The zero-order valence-corrected chi connectivity index (χ0v) is 14.4. The highest BCUT2D eigenvalue weighted by Gasteiger charge is 2.20. The molecule has 1 aromatic heterocycles. The van der Waals surface area contributed by atoms with E-state index in [2.05, 4.69) is 44.8 Å². The van der Waals surface area contributed by atoms with Crippen LogP contribution in [-0.4, -0.2) is 23.6 Å². The third-order valence-electron chi connectivity index (χ3n) is 3.52. The second kappa shape index (κ2) is 6.44. The van der Waals surface area contributed by atoms with Gasteiger partial charge in [0.05, 0.1) is 5.69 Å². The normalized spacial score (nSPS) is 16.4. The molecule has 0 radical (unpaired) electrons. The van der Waals surface area contributed by atoms with Crippen LogP contribution >= 0.6 is 11.3 Å². The summed E-state index contributed by atoms with van der Waals surface area (Å²) in [5, 5.41) is 4.85. The van der Waals surface area contributed by atoms with E-state index in [9.17, 15) is 0 Å². The molecule has 0 aliphatic carbocycles. The van der Waals surface area contributed by atoms with Crippen LogP contribution in [0.15, 0.2) is 0 Å². The van der Waals surface area contributed by atoms with Crippen LogP contribution in [0.3, 0.4) is 0 Å². The fraction of sp³-hybridized carbons (Fsp3) is 0.812. The predicted molar refractivity (Wildman–Crippen MR) is 88.7 cm³/mol. The topological polar surface area (TPSA) is 28.2 Å². The predicted octanol–water partition coefficient (Wildman–Crippen LogP) is 3.83. The molecule has 2 heterocycles. The number of nitrogens with zero attached hydrogens (tertiary/aromatic N) is 2. The summed E-state index contributed by atoms with van der Waals surface area (Å²) in [4.78, 5) is 8.82. The van der Waals surface area contributed by atoms with Gasteiger partial charge in [-0.2, -0.15) is 0 Å². The average molecular weight is 295 g/mol. The first-order valence-electron chi connectivity index (χ1n) is 7.84. The van der Waals surface area contributed by atoms with Crippen LogP contribution in [-0.2, 0) is 13.0 Å². The van der Waals surface area contributed by atoms with E-state index in [1.165, 1.54) is 41.6 Å². The molecule has 114 valence electrons. The van der Waals surface area contributed by atoms with E-state index < -0.39 is 0 Å². The molecule has 1 aliphatic heterocycles. The summed E-state index contributed by atoms with van der Waals surface area (Å²) in [6.45, 7) is 14.5. The number of thiazole rings is 1. The van der Waals surface area contributed by atoms with Crippen LogP contribution in [0, 0.1) is 5.92 Å². The van der Waals surface area contributed by atoms with E-state index in [4.69, 9.17) is 4.98 Å². The van der Waals surface area contributed by atoms with Crippen LogP contribution < -0.4 is 10.2 Å². The largest absolute Gasteiger partial charge is 0.348 e.